The number of benzene rings is 1. The highest BCUT2D eigenvalue weighted by atomic mass is 32.1. The summed E-state index contributed by atoms with van der Waals surface area (Å²) in [7, 11) is 0. The minimum Gasteiger partial charge on any atom is -0.370 e. The summed E-state index contributed by atoms with van der Waals surface area (Å²) in [6.45, 7) is 7.64. The number of aryl methyl sites for hydroxylation is 1. The normalized spacial score (nSPS) is 18.1. The predicted octanol–water partition coefficient (Wildman–Crippen LogP) is 1.83. The fourth-order valence-electron chi connectivity index (χ4n) is 3.40. The molecule has 2 N–H and O–H groups in total. The number of carbonyl (C=O) groups excluding carboxylic acids is 1. The van der Waals surface area contributed by atoms with E-state index in [4.69, 9.17) is 4.74 Å². The standard InChI is InChI=1S/C19H24N2O2S/c1-14-8-9-17(24-14)19(22)20-15(2)18(16-6-4-3-5-7-16)21-10-12-23-13-11-21/h3-9,15,18H,10-13H2,1-2H3,(H,20,22)/p+1/t15-,18+/m0/s1. The number of rotatable bonds is 5. The van der Waals surface area contributed by atoms with Gasteiger partial charge in [-0.3, -0.25) is 4.79 Å². The van der Waals surface area contributed by atoms with Crippen LogP contribution in [0, 0.1) is 6.92 Å². The summed E-state index contributed by atoms with van der Waals surface area (Å²) in [5.74, 6) is 0.0224. The van der Waals surface area contributed by atoms with Crippen molar-refractivity contribution >= 4 is 17.2 Å². The third-order valence-electron chi connectivity index (χ3n) is 4.56. The minimum atomic E-state index is 0.0224. The topological polar surface area (TPSA) is 42.8 Å². The van der Waals surface area contributed by atoms with Gasteiger partial charge in [-0.05, 0) is 26.0 Å². The van der Waals surface area contributed by atoms with Gasteiger partial charge in [-0.1, -0.05) is 30.3 Å². The van der Waals surface area contributed by atoms with E-state index in [1.165, 1.54) is 10.5 Å². The molecule has 1 amide bonds. The molecule has 128 valence electrons. The summed E-state index contributed by atoms with van der Waals surface area (Å²) in [5, 5.41) is 3.22. The molecule has 2 aromatic rings. The van der Waals surface area contributed by atoms with Crippen LogP contribution in [0.2, 0.25) is 0 Å². The molecule has 5 heteroatoms. The van der Waals surface area contributed by atoms with E-state index in [0.717, 1.165) is 36.1 Å². The number of amides is 1. The Morgan fingerprint density at radius 1 is 1.17 bits per heavy atom. The van der Waals surface area contributed by atoms with Crippen molar-refractivity contribution in [3.63, 3.8) is 0 Å². The maximum absolute atomic E-state index is 12.6. The lowest BCUT2D eigenvalue weighted by Gasteiger charge is -2.35. The van der Waals surface area contributed by atoms with E-state index in [1.807, 2.05) is 25.1 Å². The molecule has 3 rings (SSSR count). The molecule has 0 bridgehead atoms. The van der Waals surface area contributed by atoms with Crippen molar-refractivity contribution < 1.29 is 14.4 Å². The van der Waals surface area contributed by atoms with Crippen molar-refractivity contribution in [2.75, 3.05) is 26.3 Å². The largest absolute Gasteiger partial charge is 0.370 e. The molecule has 1 aromatic carbocycles. The maximum Gasteiger partial charge on any atom is 0.261 e. The van der Waals surface area contributed by atoms with Crippen LogP contribution in [-0.4, -0.2) is 38.3 Å². The van der Waals surface area contributed by atoms with Gasteiger partial charge in [-0.2, -0.15) is 0 Å². The number of ether oxygens (including phenoxy) is 1. The van der Waals surface area contributed by atoms with Gasteiger partial charge < -0.3 is 15.0 Å². The molecule has 2 atom stereocenters. The van der Waals surface area contributed by atoms with Gasteiger partial charge in [0.25, 0.3) is 5.91 Å². The van der Waals surface area contributed by atoms with Crippen LogP contribution in [0.5, 0.6) is 0 Å². The maximum atomic E-state index is 12.6. The van der Waals surface area contributed by atoms with Crippen LogP contribution in [0.3, 0.4) is 0 Å². The Balaban J connectivity index is 1.77. The molecule has 2 heterocycles. The molecule has 1 fully saturated rings. The molecule has 1 aliphatic heterocycles. The van der Waals surface area contributed by atoms with Crippen LogP contribution in [0.4, 0.5) is 0 Å². The first-order chi connectivity index (χ1) is 11.6. The number of carbonyl (C=O) groups is 1. The Labute approximate surface area is 147 Å². The van der Waals surface area contributed by atoms with Crippen LogP contribution in [-0.2, 0) is 4.74 Å². The highest BCUT2D eigenvalue weighted by molar-refractivity contribution is 7.13. The van der Waals surface area contributed by atoms with Gasteiger partial charge in [-0.25, -0.2) is 0 Å². The monoisotopic (exact) mass is 345 g/mol. The zero-order chi connectivity index (χ0) is 16.9. The molecule has 1 aromatic heterocycles. The molecule has 0 aliphatic carbocycles. The molecule has 1 aliphatic rings. The molecule has 0 spiro atoms. The number of morpholine rings is 1. The number of nitrogens with one attached hydrogen (secondary N) is 2. The molecular weight excluding hydrogens is 320 g/mol. The van der Waals surface area contributed by atoms with E-state index in [9.17, 15) is 4.79 Å². The average molecular weight is 345 g/mol. The molecule has 0 radical (unpaired) electrons. The summed E-state index contributed by atoms with van der Waals surface area (Å²) in [6, 6.07) is 14.7. The Kier molecular flexibility index (Phi) is 5.66. The minimum absolute atomic E-state index is 0.0224. The first kappa shape index (κ1) is 17.1. The van der Waals surface area contributed by atoms with Crippen LogP contribution >= 0.6 is 11.3 Å². The Morgan fingerprint density at radius 2 is 1.88 bits per heavy atom. The van der Waals surface area contributed by atoms with Crippen LogP contribution < -0.4 is 10.2 Å². The molecule has 0 unspecified atom stereocenters. The molecule has 24 heavy (non-hydrogen) atoms. The number of hydrogen-bond acceptors (Lipinski definition) is 3. The van der Waals surface area contributed by atoms with E-state index in [2.05, 4.69) is 36.5 Å². The molecular formula is C19H25N2O2S+. The SMILES string of the molecule is Cc1ccc(C(=O)N[C@@H](C)[C@H](c2ccccc2)[NH+]2CCOCC2)s1. The van der Waals surface area contributed by atoms with E-state index in [0.29, 0.717) is 0 Å². The van der Waals surface area contributed by atoms with E-state index in [-0.39, 0.29) is 18.0 Å². The van der Waals surface area contributed by atoms with Crippen LogP contribution in [0.1, 0.15) is 33.1 Å². The van der Waals surface area contributed by atoms with Crippen LogP contribution in [0.15, 0.2) is 42.5 Å². The van der Waals surface area contributed by atoms with Crippen molar-refractivity contribution in [2.45, 2.75) is 25.9 Å². The van der Waals surface area contributed by atoms with Crippen molar-refractivity contribution in [1.82, 2.24) is 5.32 Å². The zero-order valence-electron chi connectivity index (χ0n) is 14.2. The van der Waals surface area contributed by atoms with Crippen molar-refractivity contribution in [1.29, 1.82) is 0 Å². The summed E-state index contributed by atoms with van der Waals surface area (Å²) in [5.41, 5.74) is 1.27. The predicted molar refractivity (Wildman–Crippen MR) is 96.7 cm³/mol. The second-order valence-corrected chi connectivity index (χ2v) is 7.62. The van der Waals surface area contributed by atoms with E-state index in [1.54, 1.807) is 11.3 Å². The van der Waals surface area contributed by atoms with Crippen molar-refractivity contribution in [2.24, 2.45) is 0 Å². The summed E-state index contributed by atoms with van der Waals surface area (Å²) in [6.07, 6.45) is 0. The van der Waals surface area contributed by atoms with Crippen LogP contribution in [0.25, 0.3) is 0 Å². The average Bonchev–Trinajstić information content (AvgIpc) is 3.04. The van der Waals surface area contributed by atoms with E-state index < -0.39 is 0 Å². The van der Waals surface area contributed by atoms with Gasteiger partial charge in [0.15, 0.2) is 0 Å². The van der Waals surface area contributed by atoms with Gasteiger partial charge in [-0.15, -0.1) is 11.3 Å². The molecule has 0 saturated carbocycles. The zero-order valence-corrected chi connectivity index (χ0v) is 15.1. The van der Waals surface area contributed by atoms with E-state index >= 15 is 0 Å². The lowest BCUT2D eigenvalue weighted by molar-refractivity contribution is -0.940. The van der Waals surface area contributed by atoms with Gasteiger partial charge in [0, 0.05) is 10.4 Å². The fourth-order valence-corrected chi connectivity index (χ4v) is 4.17. The summed E-state index contributed by atoms with van der Waals surface area (Å²) in [4.78, 5) is 16.0. The van der Waals surface area contributed by atoms with Gasteiger partial charge in [0.1, 0.15) is 19.1 Å². The Bertz CT molecular complexity index is 665. The molecule has 1 saturated heterocycles. The highest BCUT2D eigenvalue weighted by Crippen LogP contribution is 2.18. The third-order valence-corrected chi connectivity index (χ3v) is 5.56. The number of thiophene rings is 1. The Hall–Kier alpha value is -1.69. The van der Waals surface area contributed by atoms with Gasteiger partial charge in [0.05, 0.1) is 24.1 Å². The smallest absolute Gasteiger partial charge is 0.261 e. The lowest BCUT2D eigenvalue weighted by Crippen LogP contribution is -3.15. The fraction of sp³-hybridized carbons (Fsp3) is 0.421. The van der Waals surface area contributed by atoms with Crippen molar-refractivity contribution in [3.05, 3.63) is 57.8 Å². The first-order valence-corrected chi connectivity index (χ1v) is 9.31. The third kappa shape index (κ3) is 4.04. The van der Waals surface area contributed by atoms with Gasteiger partial charge >= 0.3 is 0 Å². The van der Waals surface area contributed by atoms with Crippen molar-refractivity contribution in [3.8, 4) is 0 Å². The quantitative estimate of drug-likeness (QED) is 0.868. The lowest BCUT2D eigenvalue weighted by atomic mass is 9.98. The number of quaternary nitrogens is 1. The summed E-state index contributed by atoms with van der Waals surface area (Å²) < 4.78 is 5.51. The summed E-state index contributed by atoms with van der Waals surface area (Å²) >= 11 is 1.54. The second-order valence-electron chi connectivity index (χ2n) is 6.33. The number of hydrogen-bond donors (Lipinski definition) is 2. The second kappa shape index (κ2) is 7.92. The molecule has 4 nitrogen and oxygen atoms in total. The Morgan fingerprint density at radius 3 is 2.50 bits per heavy atom. The first-order valence-electron chi connectivity index (χ1n) is 8.49. The highest BCUT2D eigenvalue weighted by Gasteiger charge is 2.32. The van der Waals surface area contributed by atoms with Gasteiger partial charge in [0.2, 0.25) is 0 Å².